The number of nitriles is 1. The summed E-state index contributed by atoms with van der Waals surface area (Å²) in [5.74, 6) is 0. The fourth-order valence-corrected chi connectivity index (χ4v) is 4.41. The van der Waals surface area contributed by atoms with Gasteiger partial charge in [-0.15, -0.1) is 0 Å². The summed E-state index contributed by atoms with van der Waals surface area (Å²) in [6, 6.07) is 31.5. The Morgan fingerprint density at radius 1 is 0.536 bits per heavy atom. The zero-order valence-corrected chi connectivity index (χ0v) is 15.0. The molecule has 0 aliphatic heterocycles. The molecule has 3 nitrogen and oxygen atoms in total. The van der Waals surface area contributed by atoms with Crippen LogP contribution in [0.15, 0.2) is 91.0 Å². The molecule has 0 radical (unpaired) electrons. The lowest BCUT2D eigenvalue weighted by Gasteiger charge is -2.08. The first kappa shape index (κ1) is 15.1. The summed E-state index contributed by atoms with van der Waals surface area (Å²) in [4.78, 5) is 0. The molecule has 0 aliphatic rings. The van der Waals surface area contributed by atoms with Crippen molar-refractivity contribution in [2.24, 2.45) is 0 Å². The number of para-hydroxylation sites is 3. The highest BCUT2D eigenvalue weighted by Crippen LogP contribution is 2.35. The van der Waals surface area contributed by atoms with E-state index in [9.17, 15) is 5.26 Å². The molecule has 3 heteroatoms. The zero-order valence-electron chi connectivity index (χ0n) is 15.0. The first-order chi connectivity index (χ1) is 13.9. The van der Waals surface area contributed by atoms with Crippen LogP contribution in [0, 0.1) is 11.5 Å². The van der Waals surface area contributed by atoms with Crippen LogP contribution in [-0.2, 0) is 0 Å². The van der Waals surface area contributed by atoms with E-state index in [4.69, 9.17) is 0 Å². The maximum atomic E-state index is 9.67. The minimum absolute atomic E-state index is 0.938. The van der Waals surface area contributed by atoms with Gasteiger partial charge in [0.25, 0.3) is 0 Å². The van der Waals surface area contributed by atoms with Gasteiger partial charge < -0.3 is 4.57 Å². The largest absolute Gasteiger partial charge is 0.309 e. The minimum atomic E-state index is 0.938. The van der Waals surface area contributed by atoms with Crippen molar-refractivity contribution in [3.63, 3.8) is 0 Å². The van der Waals surface area contributed by atoms with E-state index >= 15 is 0 Å². The summed E-state index contributed by atoms with van der Waals surface area (Å²) < 4.78 is 4.02. The Morgan fingerprint density at radius 3 is 1.64 bits per heavy atom. The minimum Gasteiger partial charge on any atom is -0.309 e. The maximum Gasteiger partial charge on any atom is 0.189 e. The van der Waals surface area contributed by atoms with Gasteiger partial charge in [0.1, 0.15) is 0 Å². The molecule has 0 amide bonds. The Hall–Kier alpha value is -4.03. The van der Waals surface area contributed by atoms with Crippen molar-refractivity contribution in [2.75, 3.05) is 0 Å². The van der Waals surface area contributed by atoms with Crippen LogP contribution in [0.25, 0.3) is 49.3 Å². The Balaban J connectivity index is 1.77. The van der Waals surface area contributed by atoms with Crippen molar-refractivity contribution in [2.45, 2.75) is 0 Å². The molecule has 0 N–H and O–H groups in total. The molecular formula is C25H15N3. The molecule has 0 bridgehead atoms. The fourth-order valence-electron chi connectivity index (χ4n) is 4.41. The van der Waals surface area contributed by atoms with Crippen molar-refractivity contribution in [1.29, 1.82) is 5.26 Å². The van der Waals surface area contributed by atoms with E-state index in [-0.39, 0.29) is 0 Å². The second kappa shape index (κ2) is 5.48. The summed E-state index contributed by atoms with van der Waals surface area (Å²) >= 11 is 0. The molecule has 0 atom stereocenters. The van der Waals surface area contributed by atoms with E-state index in [2.05, 4.69) is 83.6 Å². The predicted octanol–water partition coefficient (Wildman–Crippen LogP) is 6.22. The van der Waals surface area contributed by atoms with Gasteiger partial charge in [0.05, 0.1) is 22.1 Å². The lowest BCUT2D eigenvalue weighted by atomic mass is 10.1. The average molecular weight is 357 g/mol. The van der Waals surface area contributed by atoms with Crippen molar-refractivity contribution in [3.05, 3.63) is 91.0 Å². The lowest BCUT2D eigenvalue weighted by Crippen LogP contribution is -1.94. The predicted molar refractivity (Wildman–Crippen MR) is 115 cm³/mol. The van der Waals surface area contributed by atoms with E-state index in [1.54, 1.807) is 4.57 Å². The molecule has 28 heavy (non-hydrogen) atoms. The molecular weight excluding hydrogens is 342 g/mol. The number of hydrogen-bond donors (Lipinski definition) is 0. The summed E-state index contributed by atoms with van der Waals surface area (Å²) in [6.07, 6.45) is 2.32. The summed E-state index contributed by atoms with van der Waals surface area (Å²) in [5.41, 5.74) is 5.36. The topological polar surface area (TPSA) is 33.6 Å². The third-order valence-corrected chi connectivity index (χ3v) is 5.59. The molecule has 0 saturated heterocycles. The van der Waals surface area contributed by atoms with Gasteiger partial charge in [0.15, 0.2) is 6.19 Å². The quantitative estimate of drug-likeness (QED) is 0.344. The number of hydrogen-bond acceptors (Lipinski definition) is 1. The number of aromatic nitrogens is 2. The highest BCUT2D eigenvalue weighted by molar-refractivity contribution is 6.11. The molecule has 4 aromatic carbocycles. The highest BCUT2D eigenvalue weighted by Gasteiger charge is 2.14. The number of rotatable bonds is 1. The second-order valence-electron chi connectivity index (χ2n) is 7.02. The van der Waals surface area contributed by atoms with Gasteiger partial charge in [-0.25, -0.2) is 4.57 Å². The molecule has 0 saturated carbocycles. The van der Waals surface area contributed by atoms with E-state index in [0.29, 0.717) is 0 Å². The molecule has 2 heterocycles. The van der Waals surface area contributed by atoms with Crippen molar-refractivity contribution >= 4 is 43.6 Å². The monoisotopic (exact) mass is 357 g/mol. The van der Waals surface area contributed by atoms with Crippen LogP contribution in [-0.4, -0.2) is 9.13 Å². The van der Waals surface area contributed by atoms with Crippen LogP contribution < -0.4 is 0 Å². The Labute approximate surface area is 161 Å². The van der Waals surface area contributed by atoms with Gasteiger partial charge >= 0.3 is 0 Å². The maximum absolute atomic E-state index is 9.67. The summed E-state index contributed by atoms with van der Waals surface area (Å²) in [6.45, 7) is 0. The average Bonchev–Trinajstić information content (AvgIpc) is 3.26. The van der Waals surface area contributed by atoms with Crippen molar-refractivity contribution < 1.29 is 0 Å². The van der Waals surface area contributed by atoms with E-state index < -0.39 is 0 Å². The normalized spacial score (nSPS) is 11.5. The Kier molecular flexibility index (Phi) is 2.95. The van der Waals surface area contributed by atoms with Gasteiger partial charge in [0.2, 0.25) is 0 Å². The lowest BCUT2D eigenvalue weighted by molar-refractivity contribution is 1.17. The molecule has 2 aromatic heterocycles. The Morgan fingerprint density at radius 2 is 1.04 bits per heavy atom. The number of benzene rings is 4. The van der Waals surface area contributed by atoms with Gasteiger partial charge in [-0.1, -0.05) is 54.6 Å². The SMILES string of the molecule is N#Cn1c2ccccc2c2cc(-n3c4ccccc4c4ccccc43)ccc21. The fraction of sp³-hybridized carbons (Fsp3) is 0. The molecule has 0 fully saturated rings. The van der Waals surface area contributed by atoms with Gasteiger partial charge in [-0.05, 0) is 36.4 Å². The van der Waals surface area contributed by atoms with Gasteiger partial charge in [0, 0.05) is 27.2 Å². The second-order valence-corrected chi connectivity index (χ2v) is 7.02. The molecule has 0 spiro atoms. The van der Waals surface area contributed by atoms with Crippen LogP contribution in [0.2, 0.25) is 0 Å². The van der Waals surface area contributed by atoms with Gasteiger partial charge in [-0.2, -0.15) is 5.26 Å². The first-order valence-corrected chi connectivity index (χ1v) is 9.29. The molecule has 6 rings (SSSR count). The molecule has 0 aliphatic carbocycles. The van der Waals surface area contributed by atoms with Crippen LogP contribution >= 0.6 is 0 Å². The van der Waals surface area contributed by atoms with Crippen LogP contribution in [0.1, 0.15) is 0 Å². The molecule has 130 valence electrons. The molecule has 6 aromatic rings. The number of fused-ring (bicyclic) bond motifs is 6. The summed E-state index contributed by atoms with van der Waals surface area (Å²) in [7, 11) is 0. The highest BCUT2D eigenvalue weighted by atomic mass is 15.0. The van der Waals surface area contributed by atoms with Crippen molar-refractivity contribution in [3.8, 4) is 11.9 Å². The Bertz CT molecular complexity index is 1520. The van der Waals surface area contributed by atoms with Crippen LogP contribution in [0.5, 0.6) is 0 Å². The first-order valence-electron chi connectivity index (χ1n) is 9.29. The van der Waals surface area contributed by atoms with E-state index in [1.807, 2.05) is 18.2 Å². The molecule has 0 unspecified atom stereocenters. The zero-order chi connectivity index (χ0) is 18.7. The van der Waals surface area contributed by atoms with E-state index in [1.165, 1.54) is 21.8 Å². The van der Waals surface area contributed by atoms with Gasteiger partial charge in [-0.3, -0.25) is 0 Å². The third-order valence-electron chi connectivity index (χ3n) is 5.59. The standard InChI is InChI=1S/C25H15N3/c26-16-27-22-10-4-1-9-20(22)21-15-17(13-14-23(21)27)28-24-11-5-2-7-18(24)19-8-3-6-12-25(19)28/h1-15H. The van der Waals surface area contributed by atoms with E-state index in [0.717, 1.165) is 27.5 Å². The van der Waals surface area contributed by atoms with Crippen molar-refractivity contribution in [1.82, 2.24) is 9.13 Å². The summed E-state index contributed by atoms with van der Waals surface area (Å²) in [5, 5.41) is 14.4. The van der Waals surface area contributed by atoms with Crippen LogP contribution in [0.4, 0.5) is 0 Å². The third kappa shape index (κ3) is 1.87. The number of nitrogens with zero attached hydrogens (tertiary/aromatic N) is 3. The smallest absolute Gasteiger partial charge is 0.189 e. The van der Waals surface area contributed by atoms with Crippen LogP contribution in [0.3, 0.4) is 0 Å².